The molecule has 0 fully saturated rings. The number of hydrogen-bond acceptors (Lipinski definition) is 3. The third-order valence-corrected chi connectivity index (χ3v) is 2.25. The number of carboxylic acid groups (broad SMARTS) is 1. The number of carbonyl (C=O) groups is 2. The number of aldehydes is 1. The molecule has 0 radical (unpaired) electrons. The predicted octanol–water partition coefficient (Wildman–Crippen LogP) is 2.39. The Hall–Kier alpha value is -1.55. The van der Waals surface area contributed by atoms with Crippen molar-refractivity contribution in [1.29, 1.82) is 0 Å². The van der Waals surface area contributed by atoms with Gasteiger partial charge in [-0.05, 0) is 24.6 Å². The van der Waals surface area contributed by atoms with E-state index in [1.807, 2.05) is 0 Å². The molecule has 0 amide bonds. The number of benzene rings is 1. The first-order chi connectivity index (χ1) is 7.58. The van der Waals surface area contributed by atoms with Crippen LogP contribution >= 0.6 is 11.6 Å². The van der Waals surface area contributed by atoms with Crippen molar-refractivity contribution in [1.82, 2.24) is 0 Å². The van der Waals surface area contributed by atoms with Gasteiger partial charge < -0.3 is 9.84 Å². The Labute approximate surface area is 97.8 Å². The molecule has 0 aromatic heterocycles. The maximum absolute atomic E-state index is 10.8. The summed E-state index contributed by atoms with van der Waals surface area (Å²) in [5.41, 5.74) is 0.243. The molecule has 0 saturated carbocycles. The Balaban J connectivity index is 2.95. The molecule has 5 heteroatoms. The first-order valence-corrected chi connectivity index (χ1v) is 5.10. The van der Waals surface area contributed by atoms with E-state index in [0.29, 0.717) is 17.7 Å². The van der Waals surface area contributed by atoms with Gasteiger partial charge in [0.1, 0.15) is 5.75 Å². The molecule has 1 aromatic carbocycles. The molecular weight excluding hydrogens is 232 g/mol. The molecule has 0 aliphatic carbocycles. The predicted molar refractivity (Wildman–Crippen MR) is 59.2 cm³/mol. The van der Waals surface area contributed by atoms with Gasteiger partial charge in [-0.1, -0.05) is 18.5 Å². The van der Waals surface area contributed by atoms with Crippen molar-refractivity contribution in [3.8, 4) is 5.75 Å². The molecule has 1 N–H and O–H groups in total. The number of rotatable bonds is 5. The number of hydrogen-bond donors (Lipinski definition) is 1. The summed E-state index contributed by atoms with van der Waals surface area (Å²) in [5.74, 6) is -0.831. The summed E-state index contributed by atoms with van der Waals surface area (Å²) in [6.45, 7) is 1.69. The summed E-state index contributed by atoms with van der Waals surface area (Å²) in [4.78, 5) is 21.5. The lowest BCUT2D eigenvalue weighted by molar-refractivity contribution is -0.145. The highest BCUT2D eigenvalue weighted by Crippen LogP contribution is 2.22. The molecule has 1 atom stereocenters. The first-order valence-electron chi connectivity index (χ1n) is 4.72. The highest BCUT2D eigenvalue weighted by molar-refractivity contribution is 6.30. The number of aliphatic carboxylic acids is 1. The van der Waals surface area contributed by atoms with E-state index in [-0.39, 0.29) is 11.3 Å². The van der Waals surface area contributed by atoms with Crippen LogP contribution in [0.25, 0.3) is 0 Å². The SMILES string of the molecule is CC[C@H](Oc1ccc(Cl)cc1C=O)C(=O)O. The maximum atomic E-state index is 10.8. The Kier molecular flexibility index (Phi) is 4.31. The van der Waals surface area contributed by atoms with Crippen molar-refractivity contribution in [2.75, 3.05) is 0 Å². The van der Waals surface area contributed by atoms with Crippen LogP contribution in [0.15, 0.2) is 18.2 Å². The van der Waals surface area contributed by atoms with E-state index in [9.17, 15) is 9.59 Å². The molecule has 0 aliphatic rings. The van der Waals surface area contributed by atoms with Crippen molar-refractivity contribution < 1.29 is 19.4 Å². The Morgan fingerprint density at radius 3 is 2.81 bits per heavy atom. The summed E-state index contributed by atoms with van der Waals surface area (Å²) in [6, 6.07) is 4.45. The standard InChI is InChI=1S/C11H11ClO4/c1-2-9(11(14)15)16-10-4-3-8(12)5-7(10)6-13/h3-6,9H,2H2,1H3,(H,14,15)/t9-/m0/s1. The van der Waals surface area contributed by atoms with Crippen LogP contribution < -0.4 is 4.74 Å². The van der Waals surface area contributed by atoms with E-state index < -0.39 is 12.1 Å². The molecule has 0 heterocycles. The van der Waals surface area contributed by atoms with E-state index in [4.69, 9.17) is 21.4 Å². The molecule has 86 valence electrons. The molecule has 0 saturated heterocycles. The van der Waals surface area contributed by atoms with E-state index >= 15 is 0 Å². The van der Waals surface area contributed by atoms with Crippen molar-refractivity contribution in [3.63, 3.8) is 0 Å². The molecule has 0 bridgehead atoms. The monoisotopic (exact) mass is 242 g/mol. The van der Waals surface area contributed by atoms with Gasteiger partial charge in [0.2, 0.25) is 0 Å². The van der Waals surface area contributed by atoms with Crippen LogP contribution in [-0.4, -0.2) is 23.5 Å². The first kappa shape index (κ1) is 12.5. The maximum Gasteiger partial charge on any atom is 0.344 e. The second-order valence-corrected chi connectivity index (χ2v) is 3.59. The molecule has 1 aromatic rings. The van der Waals surface area contributed by atoms with Gasteiger partial charge in [-0.15, -0.1) is 0 Å². The fourth-order valence-electron chi connectivity index (χ4n) is 1.18. The number of carbonyl (C=O) groups excluding carboxylic acids is 1. The van der Waals surface area contributed by atoms with Crippen LogP contribution in [0.1, 0.15) is 23.7 Å². The van der Waals surface area contributed by atoms with Crippen molar-refractivity contribution >= 4 is 23.9 Å². The summed E-state index contributed by atoms with van der Waals surface area (Å²) >= 11 is 5.70. The summed E-state index contributed by atoms with van der Waals surface area (Å²) < 4.78 is 5.21. The van der Waals surface area contributed by atoms with E-state index in [1.165, 1.54) is 12.1 Å². The molecule has 4 nitrogen and oxygen atoms in total. The summed E-state index contributed by atoms with van der Waals surface area (Å²) in [7, 11) is 0. The van der Waals surface area contributed by atoms with Gasteiger partial charge >= 0.3 is 5.97 Å². The van der Waals surface area contributed by atoms with Gasteiger partial charge in [-0.3, -0.25) is 4.79 Å². The smallest absolute Gasteiger partial charge is 0.344 e. The molecule has 0 unspecified atom stereocenters. The van der Waals surface area contributed by atoms with Crippen LogP contribution in [0, 0.1) is 0 Å². The number of carboxylic acids is 1. The van der Waals surface area contributed by atoms with Crippen LogP contribution in [0.3, 0.4) is 0 Å². The zero-order valence-electron chi connectivity index (χ0n) is 8.64. The van der Waals surface area contributed by atoms with E-state index in [2.05, 4.69) is 0 Å². The third-order valence-electron chi connectivity index (χ3n) is 2.01. The average molecular weight is 243 g/mol. The zero-order valence-corrected chi connectivity index (χ0v) is 9.40. The Morgan fingerprint density at radius 2 is 2.31 bits per heavy atom. The average Bonchev–Trinajstić information content (AvgIpc) is 2.26. The van der Waals surface area contributed by atoms with E-state index in [1.54, 1.807) is 13.0 Å². The minimum Gasteiger partial charge on any atom is -0.479 e. The second kappa shape index (κ2) is 5.51. The third kappa shape index (κ3) is 2.97. The minimum atomic E-state index is -1.06. The van der Waals surface area contributed by atoms with Crippen LogP contribution in [0.5, 0.6) is 5.75 Å². The van der Waals surface area contributed by atoms with Gasteiger partial charge in [0.15, 0.2) is 12.4 Å². The lowest BCUT2D eigenvalue weighted by Crippen LogP contribution is -2.26. The lowest BCUT2D eigenvalue weighted by atomic mass is 10.2. The van der Waals surface area contributed by atoms with Gasteiger partial charge in [-0.25, -0.2) is 4.79 Å². The molecule has 1 rings (SSSR count). The van der Waals surface area contributed by atoms with Gasteiger partial charge in [0, 0.05) is 5.02 Å². The Bertz CT molecular complexity index is 403. The van der Waals surface area contributed by atoms with Gasteiger partial charge in [-0.2, -0.15) is 0 Å². The number of halogens is 1. The van der Waals surface area contributed by atoms with Crippen molar-refractivity contribution in [2.45, 2.75) is 19.4 Å². The van der Waals surface area contributed by atoms with Crippen molar-refractivity contribution in [2.24, 2.45) is 0 Å². The topological polar surface area (TPSA) is 63.6 Å². The summed E-state index contributed by atoms with van der Waals surface area (Å²) in [5, 5.41) is 9.21. The minimum absolute atomic E-state index is 0.230. The summed E-state index contributed by atoms with van der Waals surface area (Å²) in [6.07, 6.45) is -0.0636. The van der Waals surface area contributed by atoms with Gasteiger partial charge in [0.25, 0.3) is 0 Å². The Morgan fingerprint density at radius 1 is 1.62 bits per heavy atom. The molecule has 0 aliphatic heterocycles. The highest BCUT2D eigenvalue weighted by Gasteiger charge is 2.18. The van der Waals surface area contributed by atoms with Crippen LogP contribution in [-0.2, 0) is 4.79 Å². The van der Waals surface area contributed by atoms with Crippen LogP contribution in [0.4, 0.5) is 0 Å². The normalized spacial score (nSPS) is 11.9. The van der Waals surface area contributed by atoms with Crippen LogP contribution in [0.2, 0.25) is 5.02 Å². The van der Waals surface area contributed by atoms with Crippen molar-refractivity contribution in [3.05, 3.63) is 28.8 Å². The largest absolute Gasteiger partial charge is 0.479 e. The van der Waals surface area contributed by atoms with Gasteiger partial charge in [0.05, 0.1) is 5.56 Å². The fourth-order valence-corrected chi connectivity index (χ4v) is 1.36. The molecule has 16 heavy (non-hydrogen) atoms. The zero-order chi connectivity index (χ0) is 12.1. The quantitative estimate of drug-likeness (QED) is 0.806. The highest BCUT2D eigenvalue weighted by atomic mass is 35.5. The number of ether oxygens (including phenoxy) is 1. The molecular formula is C11H11ClO4. The molecule has 0 spiro atoms. The lowest BCUT2D eigenvalue weighted by Gasteiger charge is -2.14. The second-order valence-electron chi connectivity index (χ2n) is 3.15. The fraction of sp³-hybridized carbons (Fsp3) is 0.273. The van der Waals surface area contributed by atoms with E-state index in [0.717, 1.165) is 0 Å².